The third-order valence-electron chi connectivity index (χ3n) is 6.84. The average molecular weight is 460 g/mol. The van der Waals surface area contributed by atoms with Gasteiger partial charge in [-0.15, -0.1) is 0 Å². The van der Waals surface area contributed by atoms with Gasteiger partial charge in [-0.25, -0.2) is 8.42 Å². The van der Waals surface area contributed by atoms with Crippen LogP contribution in [-0.4, -0.2) is 25.3 Å². The molecule has 0 radical (unpaired) electrons. The van der Waals surface area contributed by atoms with Crippen molar-refractivity contribution in [1.29, 1.82) is 0 Å². The quantitative estimate of drug-likeness (QED) is 0.425. The number of nitro groups is 1. The van der Waals surface area contributed by atoms with E-state index in [2.05, 4.69) is 36.4 Å². The summed E-state index contributed by atoms with van der Waals surface area (Å²) in [5, 5.41) is 13.7. The average Bonchev–Trinajstić information content (AvgIpc) is 2.81. The van der Waals surface area contributed by atoms with Gasteiger partial charge in [0.1, 0.15) is 9.84 Å². The van der Waals surface area contributed by atoms with Gasteiger partial charge < -0.3 is 0 Å². The maximum absolute atomic E-state index is 11.9. The van der Waals surface area contributed by atoms with Gasteiger partial charge in [-0.3, -0.25) is 10.1 Å². The minimum Gasteiger partial charge on any atom is -0.258 e. The molecule has 1 atom stereocenters. The van der Waals surface area contributed by atoms with Gasteiger partial charge in [-0.1, -0.05) is 54.6 Å². The fraction of sp³-hybridized carbons (Fsp3) is 0.259. The third kappa shape index (κ3) is 4.11. The Labute approximate surface area is 193 Å². The highest BCUT2D eigenvalue weighted by Gasteiger charge is 2.25. The lowest BCUT2D eigenvalue weighted by Crippen LogP contribution is -2.38. The molecule has 0 fully saturated rings. The van der Waals surface area contributed by atoms with E-state index in [4.69, 9.17) is 0 Å². The van der Waals surface area contributed by atoms with E-state index in [1.165, 1.54) is 29.0 Å². The summed E-state index contributed by atoms with van der Waals surface area (Å²) in [6.07, 6.45) is 6.55. The molecular weight excluding hydrogens is 434 g/mol. The van der Waals surface area contributed by atoms with Crippen molar-refractivity contribution in [3.63, 3.8) is 0 Å². The van der Waals surface area contributed by atoms with Crippen LogP contribution >= 0.6 is 0 Å². The molecule has 0 saturated heterocycles. The molecule has 5 nitrogen and oxygen atoms in total. The second kappa shape index (κ2) is 8.27. The first-order valence-corrected chi connectivity index (χ1v) is 13.2. The molecule has 0 N–H and O–H groups in total. The number of sulfone groups is 1. The Hall–Kier alpha value is -3.25. The minimum atomic E-state index is -3.05. The SMILES string of the molecule is CS(=O)(=O)CCC1CCC(c2cccc([N+](=O)[O-])c2)=c2c1ccc1c2=CCc2ccccc2-1. The van der Waals surface area contributed by atoms with Crippen molar-refractivity contribution in [2.24, 2.45) is 0 Å². The fourth-order valence-electron chi connectivity index (χ4n) is 5.28. The molecule has 0 bridgehead atoms. The minimum absolute atomic E-state index is 0.0832. The van der Waals surface area contributed by atoms with Gasteiger partial charge in [0.2, 0.25) is 0 Å². The van der Waals surface area contributed by atoms with Crippen LogP contribution in [0.1, 0.15) is 41.9 Å². The summed E-state index contributed by atoms with van der Waals surface area (Å²) in [7, 11) is -3.05. The van der Waals surface area contributed by atoms with Gasteiger partial charge in [0.05, 0.1) is 10.7 Å². The molecule has 0 aromatic heterocycles. The Morgan fingerprint density at radius 3 is 2.64 bits per heavy atom. The maximum Gasteiger partial charge on any atom is 0.270 e. The molecule has 2 aliphatic rings. The van der Waals surface area contributed by atoms with Crippen molar-refractivity contribution in [1.82, 2.24) is 0 Å². The van der Waals surface area contributed by atoms with E-state index in [1.54, 1.807) is 12.1 Å². The van der Waals surface area contributed by atoms with Crippen molar-refractivity contribution in [2.45, 2.75) is 31.6 Å². The van der Waals surface area contributed by atoms with Gasteiger partial charge in [0.25, 0.3) is 5.69 Å². The molecule has 3 aromatic rings. The number of hydrogen-bond donors (Lipinski definition) is 0. The zero-order valence-electron chi connectivity index (χ0n) is 18.5. The van der Waals surface area contributed by atoms with Crippen LogP contribution in [0.2, 0.25) is 0 Å². The number of benzene rings is 3. The number of non-ortho nitro benzene ring substituents is 1. The Bertz CT molecular complexity index is 1510. The Morgan fingerprint density at radius 1 is 1.03 bits per heavy atom. The van der Waals surface area contributed by atoms with E-state index in [0.717, 1.165) is 46.4 Å². The lowest BCUT2D eigenvalue weighted by atomic mass is 9.77. The van der Waals surface area contributed by atoms with Crippen LogP contribution in [0.3, 0.4) is 0 Å². The molecule has 0 amide bonds. The number of rotatable bonds is 5. The predicted octanol–water partition coefficient (Wildman–Crippen LogP) is 4.11. The maximum atomic E-state index is 11.9. The second-order valence-corrected chi connectivity index (χ2v) is 11.3. The van der Waals surface area contributed by atoms with E-state index >= 15 is 0 Å². The van der Waals surface area contributed by atoms with Gasteiger partial charge in [0.15, 0.2) is 0 Å². The largest absolute Gasteiger partial charge is 0.270 e. The lowest BCUT2D eigenvalue weighted by Gasteiger charge is -2.27. The molecule has 0 spiro atoms. The summed E-state index contributed by atoms with van der Waals surface area (Å²) < 4.78 is 23.7. The number of nitro benzene ring substituents is 1. The first-order chi connectivity index (χ1) is 15.8. The van der Waals surface area contributed by atoms with Crippen LogP contribution in [0.5, 0.6) is 0 Å². The molecule has 168 valence electrons. The Balaban J connectivity index is 1.78. The van der Waals surface area contributed by atoms with E-state index in [-0.39, 0.29) is 22.3 Å². The predicted molar refractivity (Wildman–Crippen MR) is 131 cm³/mol. The number of fused-ring (bicyclic) bond motifs is 5. The molecule has 6 heteroatoms. The molecule has 0 saturated carbocycles. The van der Waals surface area contributed by atoms with Gasteiger partial charge >= 0.3 is 0 Å². The first-order valence-electron chi connectivity index (χ1n) is 11.2. The first kappa shape index (κ1) is 21.6. The molecule has 1 unspecified atom stereocenters. The van der Waals surface area contributed by atoms with Crippen molar-refractivity contribution < 1.29 is 13.3 Å². The molecular formula is C27H25NO4S. The van der Waals surface area contributed by atoms with E-state index < -0.39 is 9.84 Å². The molecule has 33 heavy (non-hydrogen) atoms. The summed E-state index contributed by atoms with van der Waals surface area (Å²) in [5.41, 5.74) is 6.88. The van der Waals surface area contributed by atoms with E-state index in [0.29, 0.717) is 6.42 Å². The van der Waals surface area contributed by atoms with Crippen molar-refractivity contribution in [2.75, 3.05) is 12.0 Å². The van der Waals surface area contributed by atoms with Gasteiger partial charge in [-0.2, -0.15) is 0 Å². The van der Waals surface area contributed by atoms with Crippen LogP contribution in [-0.2, 0) is 16.3 Å². The summed E-state index contributed by atoms with van der Waals surface area (Å²) in [6, 6.07) is 19.6. The van der Waals surface area contributed by atoms with Crippen LogP contribution < -0.4 is 10.4 Å². The molecule has 5 rings (SSSR count). The van der Waals surface area contributed by atoms with Crippen LogP contribution in [0.15, 0.2) is 60.7 Å². The summed E-state index contributed by atoms with van der Waals surface area (Å²) in [6.45, 7) is 0. The highest BCUT2D eigenvalue weighted by molar-refractivity contribution is 7.90. The standard InChI is InChI=1S/C27H25NO4S/c1-33(31,32)16-15-19-9-11-24(20-6-4-7-21(17-20)28(29)30)27-23(19)13-14-25-22-8-3-2-5-18(22)10-12-26(25)27/h2-8,12-14,17,19H,9-11,15-16H2,1H3. The van der Waals surface area contributed by atoms with Crippen LogP contribution in [0.4, 0.5) is 5.69 Å². The molecule has 0 heterocycles. The van der Waals surface area contributed by atoms with E-state index in [9.17, 15) is 18.5 Å². The third-order valence-corrected chi connectivity index (χ3v) is 7.82. The second-order valence-electron chi connectivity index (χ2n) is 9.00. The van der Waals surface area contributed by atoms with Gasteiger partial charge in [0, 0.05) is 18.4 Å². The summed E-state index contributed by atoms with van der Waals surface area (Å²) >= 11 is 0. The molecule has 3 aromatic carbocycles. The monoisotopic (exact) mass is 459 g/mol. The number of nitrogens with zero attached hydrogens (tertiary/aromatic N) is 1. The van der Waals surface area contributed by atoms with Gasteiger partial charge in [-0.05, 0) is 75.4 Å². The Morgan fingerprint density at radius 2 is 1.85 bits per heavy atom. The highest BCUT2D eigenvalue weighted by Crippen LogP contribution is 2.34. The molecule has 2 aliphatic carbocycles. The zero-order chi connectivity index (χ0) is 23.2. The summed E-state index contributed by atoms with van der Waals surface area (Å²) in [4.78, 5) is 11.1. The van der Waals surface area contributed by atoms with Crippen molar-refractivity contribution in [3.8, 4) is 11.1 Å². The molecule has 0 aliphatic heterocycles. The topological polar surface area (TPSA) is 77.3 Å². The van der Waals surface area contributed by atoms with Crippen LogP contribution in [0, 0.1) is 10.1 Å². The summed E-state index contributed by atoms with van der Waals surface area (Å²) in [5.74, 6) is 0.306. The lowest BCUT2D eigenvalue weighted by molar-refractivity contribution is -0.384. The van der Waals surface area contributed by atoms with Crippen molar-refractivity contribution in [3.05, 3.63) is 97.9 Å². The number of hydrogen-bond acceptors (Lipinski definition) is 4. The normalized spacial score (nSPS) is 16.9. The Kier molecular flexibility index (Phi) is 5.41. The zero-order valence-corrected chi connectivity index (χ0v) is 19.3. The van der Waals surface area contributed by atoms with Crippen LogP contribution in [0.25, 0.3) is 22.8 Å². The van der Waals surface area contributed by atoms with Crippen molar-refractivity contribution >= 4 is 27.2 Å². The smallest absolute Gasteiger partial charge is 0.258 e. The highest BCUT2D eigenvalue weighted by atomic mass is 32.2. The van der Waals surface area contributed by atoms with E-state index in [1.807, 2.05) is 12.1 Å². The fourth-order valence-corrected chi connectivity index (χ4v) is 6.00.